The predicted molar refractivity (Wildman–Crippen MR) is 95.6 cm³/mol. The highest BCUT2D eigenvalue weighted by molar-refractivity contribution is 7.89. The Morgan fingerprint density at radius 1 is 1.12 bits per heavy atom. The van der Waals surface area contributed by atoms with Gasteiger partial charge in [0.05, 0.1) is 11.4 Å². The van der Waals surface area contributed by atoms with Gasteiger partial charge in [-0.1, -0.05) is 19.3 Å². The number of amides is 2. The van der Waals surface area contributed by atoms with Crippen molar-refractivity contribution in [2.45, 2.75) is 50.0 Å². The molecule has 1 aromatic rings. The van der Waals surface area contributed by atoms with Gasteiger partial charge in [0, 0.05) is 25.7 Å². The van der Waals surface area contributed by atoms with E-state index in [-0.39, 0.29) is 29.3 Å². The van der Waals surface area contributed by atoms with Crippen LogP contribution in [0.2, 0.25) is 0 Å². The zero-order chi connectivity index (χ0) is 18.4. The number of rotatable bonds is 6. The number of likely N-dealkylation sites (N-methyl/N-ethyl adjacent to an activating group) is 1. The summed E-state index contributed by atoms with van der Waals surface area (Å²) in [5.41, 5.74) is 0.518. The quantitative estimate of drug-likeness (QED) is 0.800. The van der Waals surface area contributed by atoms with E-state index in [2.05, 4.69) is 10.6 Å². The van der Waals surface area contributed by atoms with Gasteiger partial charge in [0.25, 0.3) is 0 Å². The number of hydrogen-bond acceptors (Lipinski definition) is 4. The lowest BCUT2D eigenvalue weighted by Gasteiger charge is -2.24. The molecule has 25 heavy (non-hydrogen) atoms. The Kier molecular flexibility index (Phi) is 6.55. The summed E-state index contributed by atoms with van der Waals surface area (Å²) in [6.45, 7) is 1.16. The van der Waals surface area contributed by atoms with Crippen LogP contribution in [0.5, 0.6) is 0 Å². The normalized spacial score (nSPS) is 15.8. The lowest BCUT2D eigenvalue weighted by Crippen LogP contribution is -2.43. The highest BCUT2D eigenvalue weighted by Gasteiger charge is 2.24. The lowest BCUT2D eigenvalue weighted by atomic mass is 9.95. The summed E-state index contributed by atoms with van der Waals surface area (Å²) in [4.78, 5) is 23.2. The molecule has 1 fully saturated rings. The molecule has 1 aliphatic carbocycles. The molecule has 0 atom stereocenters. The number of benzene rings is 1. The summed E-state index contributed by atoms with van der Waals surface area (Å²) in [5, 5.41) is 5.49. The van der Waals surface area contributed by atoms with Gasteiger partial charge in [-0.15, -0.1) is 0 Å². The van der Waals surface area contributed by atoms with Crippen LogP contribution >= 0.6 is 0 Å². The van der Waals surface area contributed by atoms with E-state index in [1.807, 2.05) is 0 Å². The van der Waals surface area contributed by atoms with Crippen molar-refractivity contribution >= 4 is 27.5 Å². The number of carbonyl (C=O) groups excluding carboxylic acids is 2. The van der Waals surface area contributed by atoms with E-state index in [0.29, 0.717) is 5.69 Å². The molecule has 0 aromatic heterocycles. The minimum Gasteiger partial charge on any atom is -0.352 e. The van der Waals surface area contributed by atoms with Gasteiger partial charge in [-0.05, 0) is 37.1 Å². The average Bonchev–Trinajstić information content (AvgIpc) is 2.55. The van der Waals surface area contributed by atoms with Gasteiger partial charge >= 0.3 is 0 Å². The maximum atomic E-state index is 12.6. The molecule has 8 heteroatoms. The molecular weight excluding hydrogens is 342 g/mol. The fourth-order valence-electron chi connectivity index (χ4n) is 2.90. The van der Waals surface area contributed by atoms with Crippen molar-refractivity contribution in [1.82, 2.24) is 9.62 Å². The van der Waals surface area contributed by atoms with Gasteiger partial charge in [0.1, 0.15) is 0 Å². The fraction of sp³-hybridized carbons (Fsp3) is 0.529. The number of hydrogen-bond donors (Lipinski definition) is 2. The molecule has 0 unspecified atom stereocenters. The molecule has 0 heterocycles. The maximum absolute atomic E-state index is 12.6. The molecule has 7 nitrogen and oxygen atoms in total. The molecule has 1 aliphatic rings. The summed E-state index contributed by atoms with van der Waals surface area (Å²) < 4.78 is 26.1. The second-order valence-electron chi connectivity index (χ2n) is 6.37. The molecule has 0 bridgehead atoms. The topological polar surface area (TPSA) is 95.6 Å². The lowest BCUT2D eigenvalue weighted by molar-refractivity contribution is -0.122. The number of carbonyl (C=O) groups is 2. The smallest absolute Gasteiger partial charge is 0.243 e. The number of nitrogens with zero attached hydrogens (tertiary/aromatic N) is 1. The Morgan fingerprint density at radius 2 is 1.72 bits per heavy atom. The predicted octanol–water partition coefficient (Wildman–Crippen LogP) is 1.71. The third-order valence-electron chi connectivity index (χ3n) is 4.22. The van der Waals surface area contributed by atoms with Crippen LogP contribution in [0.15, 0.2) is 29.2 Å². The number of sulfonamides is 1. The van der Waals surface area contributed by atoms with Crippen LogP contribution in [0.3, 0.4) is 0 Å². The van der Waals surface area contributed by atoms with Crippen molar-refractivity contribution in [3.05, 3.63) is 24.3 Å². The highest BCUT2D eigenvalue weighted by Crippen LogP contribution is 2.19. The van der Waals surface area contributed by atoms with Crippen LogP contribution in [0.1, 0.15) is 39.0 Å². The first-order chi connectivity index (χ1) is 11.8. The third kappa shape index (κ3) is 5.54. The zero-order valence-electron chi connectivity index (χ0n) is 14.6. The third-order valence-corrected chi connectivity index (χ3v) is 6.04. The Bertz CT molecular complexity index is 710. The minimum atomic E-state index is -3.76. The van der Waals surface area contributed by atoms with Crippen molar-refractivity contribution < 1.29 is 18.0 Å². The summed E-state index contributed by atoms with van der Waals surface area (Å²) >= 11 is 0. The highest BCUT2D eigenvalue weighted by atomic mass is 32.2. The van der Waals surface area contributed by atoms with Crippen LogP contribution < -0.4 is 10.6 Å². The molecule has 138 valence electrons. The molecule has 2 amide bonds. The van der Waals surface area contributed by atoms with Crippen LogP contribution in [-0.4, -0.2) is 44.2 Å². The first kappa shape index (κ1) is 19.4. The second kappa shape index (κ2) is 8.44. The van der Waals surface area contributed by atoms with Crippen LogP contribution in [0.25, 0.3) is 0 Å². The molecular formula is C17H25N3O4S. The Labute approximate surface area is 148 Å². The van der Waals surface area contributed by atoms with Gasteiger partial charge < -0.3 is 10.6 Å². The van der Waals surface area contributed by atoms with Gasteiger partial charge in [-0.25, -0.2) is 8.42 Å². The van der Waals surface area contributed by atoms with Crippen molar-refractivity contribution in [2.24, 2.45) is 0 Å². The van der Waals surface area contributed by atoms with E-state index in [9.17, 15) is 18.0 Å². The number of nitrogens with one attached hydrogen (secondary N) is 2. The molecule has 0 spiro atoms. The van der Waals surface area contributed by atoms with Gasteiger partial charge in [-0.3, -0.25) is 9.59 Å². The van der Waals surface area contributed by atoms with E-state index < -0.39 is 10.0 Å². The Hall–Kier alpha value is -1.93. The molecule has 0 saturated heterocycles. The Balaban J connectivity index is 1.97. The van der Waals surface area contributed by atoms with Crippen molar-refractivity contribution in [3.63, 3.8) is 0 Å². The Morgan fingerprint density at radius 3 is 2.28 bits per heavy atom. The summed E-state index contributed by atoms with van der Waals surface area (Å²) in [7, 11) is -2.37. The second-order valence-corrected chi connectivity index (χ2v) is 8.41. The molecule has 2 N–H and O–H groups in total. The standard InChI is InChI=1S/C17H25N3O4S/c1-13(21)18-15-8-10-16(11-9-15)25(23,24)20(2)12-17(22)19-14-6-4-3-5-7-14/h8-11,14H,3-7,12H2,1-2H3,(H,18,21)(H,19,22). The molecule has 0 aliphatic heterocycles. The van der Waals surface area contributed by atoms with Crippen molar-refractivity contribution in [3.8, 4) is 0 Å². The minimum absolute atomic E-state index is 0.0783. The van der Waals surface area contributed by atoms with Crippen LogP contribution in [-0.2, 0) is 19.6 Å². The molecule has 0 radical (unpaired) electrons. The first-order valence-corrected chi connectivity index (χ1v) is 9.86. The maximum Gasteiger partial charge on any atom is 0.243 e. The average molecular weight is 367 g/mol. The first-order valence-electron chi connectivity index (χ1n) is 8.42. The van der Waals surface area contributed by atoms with Crippen molar-refractivity contribution in [2.75, 3.05) is 18.9 Å². The van der Waals surface area contributed by atoms with Crippen LogP contribution in [0.4, 0.5) is 5.69 Å². The number of anilines is 1. The largest absolute Gasteiger partial charge is 0.352 e. The van der Waals surface area contributed by atoms with E-state index in [1.54, 1.807) is 0 Å². The zero-order valence-corrected chi connectivity index (χ0v) is 15.4. The summed E-state index contributed by atoms with van der Waals surface area (Å²) in [5.74, 6) is -0.514. The van der Waals surface area contributed by atoms with E-state index in [4.69, 9.17) is 0 Å². The molecule has 2 rings (SSSR count). The van der Waals surface area contributed by atoms with Gasteiger partial charge in [-0.2, -0.15) is 4.31 Å². The fourth-order valence-corrected chi connectivity index (χ4v) is 4.03. The van der Waals surface area contributed by atoms with Crippen LogP contribution in [0, 0.1) is 0 Å². The molecule has 1 saturated carbocycles. The van der Waals surface area contributed by atoms with Crippen molar-refractivity contribution in [1.29, 1.82) is 0 Å². The monoisotopic (exact) mass is 367 g/mol. The SMILES string of the molecule is CC(=O)Nc1ccc(S(=O)(=O)N(C)CC(=O)NC2CCCCC2)cc1. The molecule has 1 aromatic carbocycles. The van der Waals surface area contributed by atoms with E-state index in [0.717, 1.165) is 30.0 Å². The van der Waals surface area contributed by atoms with Gasteiger partial charge in [0.2, 0.25) is 21.8 Å². The van der Waals surface area contributed by atoms with E-state index >= 15 is 0 Å². The summed E-state index contributed by atoms with van der Waals surface area (Å²) in [6.07, 6.45) is 5.29. The summed E-state index contributed by atoms with van der Waals surface area (Å²) in [6, 6.07) is 6.01. The van der Waals surface area contributed by atoms with Gasteiger partial charge in [0.15, 0.2) is 0 Å². The van der Waals surface area contributed by atoms with E-state index in [1.165, 1.54) is 44.7 Å².